The number of hydrogen-bond acceptors (Lipinski definition) is 5. The maximum Gasteiger partial charge on any atom is 0.260 e. The average molecular weight is 369 g/mol. The fourth-order valence-corrected chi connectivity index (χ4v) is 3.61. The van der Waals surface area contributed by atoms with Crippen molar-refractivity contribution in [1.82, 2.24) is 9.88 Å². The first kappa shape index (κ1) is 18.4. The van der Waals surface area contributed by atoms with E-state index in [-0.39, 0.29) is 5.91 Å². The molecule has 0 unspecified atom stereocenters. The van der Waals surface area contributed by atoms with Crippen molar-refractivity contribution < 1.29 is 4.79 Å². The van der Waals surface area contributed by atoms with Crippen LogP contribution < -0.4 is 9.80 Å². The molecule has 136 valence electrons. The third-order valence-electron chi connectivity index (χ3n) is 4.16. The number of para-hydroxylation sites is 1. The molecular weight excluding hydrogens is 344 g/mol. The fraction of sp³-hybridized carbons (Fsp3) is 0.300. The van der Waals surface area contributed by atoms with Crippen LogP contribution in [0.2, 0.25) is 0 Å². The molecule has 0 saturated heterocycles. The number of fused-ring (bicyclic) bond motifs is 1. The number of rotatable bonds is 6. The van der Waals surface area contributed by atoms with E-state index in [0.717, 1.165) is 27.6 Å². The van der Waals surface area contributed by atoms with Gasteiger partial charge in [-0.05, 0) is 50.5 Å². The van der Waals surface area contributed by atoms with Gasteiger partial charge in [-0.2, -0.15) is 0 Å². The van der Waals surface area contributed by atoms with E-state index >= 15 is 0 Å². The molecule has 0 spiro atoms. The SMILES string of the molecule is CN(C)CCN(C(=O)c1ccc(N(C)C)cc1)c1nc2ccccc2s1. The van der Waals surface area contributed by atoms with Crippen molar-refractivity contribution >= 4 is 38.3 Å². The van der Waals surface area contributed by atoms with Gasteiger partial charge in [0.1, 0.15) is 0 Å². The molecule has 0 bridgehead atoms. The number of carbonyl (C=O) groups excluding carboxylic acids is 1. The summed E-state index contributed by atoms with van der Waals surface area (Å²) in [6.07, 6.45) is 0. The van der Waals surface area contributed by atoms with E-state index in [9.17, 15) is 4.79 Å². The van der Waals surface area contributed by atoms with Crippen LogP contribution in [0.4, 0.5) is 10.8 Å². The first-order chi connectivity index (χ1) is 12.5. The summed E-state index contributed by atoms with van der Waals surface area (Å²) >= 11 is 1.56. The summed E-state index contributed by atoms with van der Waals surface area (Å²) in [5, 5.41) is 0.745. The van der Waals surface area contributed by atoms with Crippen molar-refractivity contribution in [3.8, 4) is 0 Å². The van der Waals surface area contributed by atoms with Crippen molar-refractivity contribution in [2.45, 2.75) is 0 Å². The minimum Gasteiger partial charge on any atom is -0.378 e. The van der Waals surface area contributed by atoms with Crippen LogP contribution in [0.5, 0.6) is 0 Å². The Hall–Kier alpha value is -2.44. The second-order valence-electron chi connectivity index (χ2n) is 6.67. The van der Waals surface area contributed by atoms with E-state index in [0.29, 0.717) is 12.1 Å². The number of amides is 1. The minimum absolute atomic E-state index is 0.0174. The Morgan fingerprint density at radius 3 is 2.27 bits per heavy atom. The highest BCUT2D eigenvalue weighted by molar-refractivity contribution is 7.22. The van der Waals surface area contributed by atoms with E-state index in [2.05, 4.69) is 9.88 Å². The highest BCUT2D eigenvalue weighted by atomic mass is 32.1. The van der Waals surface area contributed by atoms with Gasteiger partial charge in [-0.25, -0.2) is 4.98 Å². The monoisotopic (exact) mass is 368 g/mol. The topological polar surface area (TPSA) is 39.7 Å². The van der Waals surface area contributed by atoms with Crippen LogP contribution >= 0.6 is 11.3 Å². The van der Waals surface area contributed by atoms with Gasteiger partial charge >= 0.3 is 0 Å². The van der Waals surface area contributed by atoms with Gasteiger partial charge < -0.3 is 9.80 Å². The molecule has 0 atom stereocenters. The molecule has 0 fully saturated rings. The summed E-state index contributed by atoms with van der Waals surface area (Å²) in [4.78, 5) is 23.7. The van der Waals surface area contributed by atoms with Gasteiger partial charge in [0, 0.05) is 38.4 Å². The maximum absolute atomic E-state index is 13.2. The normalized spacial score (nSPS) is 11.1. The van der Waals surface area contributed by atoms with Gasteiger partial charge in [0.15, 0.2) is 5.13 Å². The molecule has 0 saturated carbocycles. The lowest BCUT2D eigenvalue weighted by molar-refractivity contribution is 0.0985. The van der Waals surface area contributed by atoms with Crippen LogP contribution in [0.3, 0.4) is 0 Å². The third-order valence-corrected chi connectivity index (χ3v) is 5.22. The number of anilines is 2. The largest absolute Gasteiger partial charge is 0.378 e. The Labute approximate surface area is 158 Å². The van der Waals surface area contributed by atoms with Gasteiger partial charge in [0.2, 0.25) is 0 Å². The zero-order valence-corrected chi connectivity index (χ0v) is 16.5. The molecule has 1 amide bonds. The van der Waals surface area contributed by atoms with Crippen molar-refractivity contribution in [3.63, 3.8) is 0 Å². The molecule has 0 aliphatic rings. The standard InChI is InChI=1S/C20H24N4OS/c1-22(2)13-14-24(20-21-17-7-5-6-8-18(17)26-20)19(25)15-9-11-16(12-10-15)23(3)4/h5-12H,13-14H2,1-4H3. The number of nitrogens with zero attached hydrogens (tertiary/aromatic N) is 4. The number of thiazole rings is 1. The molecule has 0 N–H and O–H groups in total. The first-order valence-electron chi connectivity index (χ1n) is 8.55. The number of carbonyl (C=O) groups is 1. The van der Waals surface area contributed by atoms with Crippen molar-refractivity contribution in [1.29, 1.82) is 0 Å². The van der Waals surface area contributed by atoms with E-state index < -0.39 is 0 Å². The Kier molecular flexibility index (Phi) is 5.54. The highest BCUT2D eigenvalue weighted by Gasteiger charge is 2.21. The summed E-state index contributed by atoms with van der Waals surface area (Å²) in [7, 11) is 7.99. The second kappa shape index (κ2) is 7.85. The first-order valence-corrected chi connectivity index (χ1v) is 9.37. The smallest absolute Gasteiger partial charge is 0.260 e. The summed E-state index contributed by atoms with van der Waals surface area (Å²) < 4.78 is 1.09. The highest BCUT2D eigenvalue weighted by Crippen LogP contribution is 2.29. The molecular formula is C20H24N4OS. The van der Waals surface area contributed by atoms with Crippen molar-refractivity contribution in [3.05, 3.63) is 54.1 Å². The minimum atomic E-state index is -0.0174. The Morgan fingerprint density at radius 1 is 0.962 bits per heavy atom. The van der Waals surface area contributed by atoms with Crippen LogP contribution in [0.25, 0.3) is 10.2 Å². The Morgan fingerprint density at radius 2 is 1.65 bits per heavy atom. The van der Waals surface area contributed by atoms with E-state index in [1.54, 1.807) is 16.2 Å². The number of likely N-dealkylation sites (N-methyl/N-ethyl adjacent to an activating group) is 1. The molecule has 6 heteroatoms. The lowest BCUT2D eigenvalue weighted by Gasteiger charge is -2.22. The maximum atomic E-state index is 13.2. The fourth-order valence-electron chi connectivity index (χ4n) is 2.62. The number of benzene rings is 2. The van der Waals surface area contributed by atoms with Crippen molar-refractivity contribution in [2.75, 3.05) is 51.1 Å². The van der Waals surface area contributed by atoms with Crippen LogP contribution in [0, 0.1) is 0 Å². The Bertz CT molecular complexity index is 853. The van der Waals surface area contributed by atoms with E-state index in [1.807, 2.05) is 81.6 Å². The summed E-state index contributed by atoms with van der Waals surface area (Å²) in [5.74, 6) is -0.0174. The molecule has 5 nitrogen and oxygen atoms in total. The third kappa shape index (κ3) is 4.03. The predicted octanol–water partition coefficient (Wildman–Crippen LogP) is 3.57. The van der Waals surface area contributed by atoms with E-state index in [4.69, 9.17) is 0 Å². The molecule has 1 heterocycles. The lowest BCUT2D eigenvalue weighted by atomic mass is 10.1. The van der Waals surface area contributed by atoms with Gasteiger partial charge in [-0.3, -0.25) is 9.69 Å². The molecule has 0 radical (unpaired) electrons. The summed E-state index contributed by atoms with van der Waals surface area (Å²) in [6.45, 7) is 1.37. The number of hydrogen-bond donors (Lipinski definition) is 0. The second-order valence-corrected chi connectivity index (χ2v) is 7.67. The van der Waals surface area contributed by atoms with Crippen LogP contribution in [-0.2, 0) is 0 Å². The average Bonchev–Trinajstić information content (AvgIpc) is 3.05. The molecule has 0 aliphatic heterocycles. The number of aromatic nitrogens is 1. The Balaban J connectivity index is 1.92. The lowest BCUT2D eigenvalue weighted by Crippen LogP contribution is -2.36. The van der Waals surface area contributed by atoms with Crippen molar-refractivity contribution in [2.24, 2.45) is 0 Å². The zero-order chi connectivity index (χ0) is 18.7. The zero-order valence-electron chi connectivity index (χ0n) is 15.6. The molecule has 0 aliphatic carbocycles. The quantitative estimate of drug-likeness (QED) is 0.667. The summed E-state index contributed by atoms with van der Waals surface area (Å²) in [5.41, 5.74) is 2.67. The van der Waals surface area contributed by atoms with Gasteiger partial charge in [-0.1, -0.05) is 23.5 Å². The molecule has 2 aromatic carbocycles. The summed E-state index contributed by atoms with van der Waals surface area (Å²) in [6, 6.07) is 15.7. The van der Waals surface area contributed by atoms with Gasteiger partial charge in [0.05, 0.1) is 10.2 Å². The van der Waals surface area contributed by atoms with Crippen LogP contribution in [-0.4, -0.2) is 57.1 Å². The van der Waals surface area contributed by atoms with Gasteiger partial charge in [-0.15, -0.1) is 0 Å². The molecule has 1 aromatic heterocycles. The van der Waals surface area contributed by atoms with Gasteiger partial charge in [0.25, 0.3) is 5.91 Å². The molecule has 3 rings (SSSR count). The van der Waals surface area contributed by atoms with Crippen LogP contribution in [0.15, 0.2) is 48.5 Å². The van der Waals surface area contributed by atoms with E-state index in [1.165, 1.54) is 0 Å². The molecule has 26 heavy (non-hydrogen) atoms. The predicted molar refractivity (Wildman–Crippen MR) is 111 cm³/mol. The van der Waals surface area contributed by atoms with Crippen LogP contribution in [0.1, 0.15) is 10.4 Å². The molecule has 3 aromatic rings.